The number of nitrogens with zero attached hydrogens (tertiary/aromatic N) is 1. The highest BCUT2D eigenvalue weighted by Gasteiger charge is 2.77. The van der Waals surface area contributed by atoms with Crippen molar-refractivity contribution in [2.24, 2.45) is 22.2 Å². The number of piperidine rings is 1. The van der Waals surface area contributed by atoms with Gasteiger partial charge in [-0.1, -0.05) is 84.9 Å². The zero-order valence-electron chi connectivity index (χ0n) is 31.1. The molecule has 13 heteroatoms. The highest BCUT2D eigenvalue weighted by molar-refractivity contribution is 7.91. The van der Waals surface area contributed by atoms with Gasteiger partial charge in [-0.25, -0.2) is 13.2 Å². The van der Waals surface area contributed by atoms with Crippen LogP contribution in [0.3, 0.4) is 0 Å². The van der Waals surface area contributed by atoms with Crippen LogP contribution < -0.4 is 21.3 Å². The molecule has 1 aromatic rings. The van der Waals surface area contributed by atoms with Crippen LogP contribution in [0.1, 0.15) is 86.5 Å². The third-order valence-electron chi connectivity index (χ3n) is 11.5. The summed E-state index contributed by atoms with van der Waals surface area (Å²) in [7, 11) is -3.75. The van der Waals surface area contributed by atoms with E-state index in [1.807, 2.05) is 20.8 Å². The van der Waals surface area contributed by atoms with Crippen LogP contribution in [0.4, 0.5) is 4.79 Å². The molecule has 4 unspecified atom stereocenters. The fourth-order valence-electron chi connectivity index (χ4n) is 8.26. The zero-order chi connectivity index (χ0) is 38.7. The van der Waals surface area contributed by atoms with Crippen molar-refractivity contribution in [3.63, 3.8) is 0 Å². The number of ketones is 1. The summed E-state index contributed by atoms with van der Waals surface area (Å²) in [6.45, 7) is 11.5. The van der Waals surface area contributed by atoms with E-state index in [1.165, 1.54) is 17.0 Å². The number of likely N-dealkylation sites (tertiary alicyclic amines) is 1. The van der Waals surface area contributed by atoms with E-state index in [4.69, 9.17) is 12.8 Å². The lowest BCUT2D eigenvalue weighted by Crippen LogP contribution is -2.64. The molecule has 282 valence electrons. The Morgan fingerprint density at radius 3 is 2.17 bits per heavy atom. The maximum Gasteiger partial charge on any atom is 0.315 e. The Kier molecular flexibility index (Phi) is 11.9. The van der Waals surface area contributed by atoms with Crippen LogP contribution in [0.25, 0.3) is 0 Å². The normalized spacial score (nSPS) is 24.1. The van der Waals surface area contributed by atoms with E-state index in [0.717, 1.165) is 19.3 Å². The Labute approximate surface area is 308 Å². The molecule has 5 amide bonds. The lowest BCUT2D eigenvalue weighted by atomic mass is 9.83. The van der Waals surface area contributed by atoms with Crippen LogP contribution in [0, 0.1) is 46.9 Å². The Hall–Kier alpha value is -4.36. The quantitative estimate of drug-likeness (QED) is 0.178. The monoisotopic (exact) mass is 735 g/mol. The molecule has 52 heavy (non-hydrogen) atoms. The minimum absolute atomic E-state index is 0.00459. The second-order valence-corrected chi connectivity index (χ2v) is 18.4. The molecule has 1 heterocycles. The van der Waals surface area contributed by atoms with Gasteiger partial charge in [0.05, 0.1) is 28.8 Å². The number of hydrogen-bond acceptors (Lipinski definition) is 7. The van der Waals surface area contributed by atoms with E-state index in [9.17, 15) is 32.4 Å². The molecule has 0 spiro atoms. The second kappa shape index (κ2) is 15.3. The number of carbonyl (C=O) groups is 5. The van der Waals surface area contributed by atoms with Crippen LogP contribution >= 0.6 is 0 Å². The van der Waals surface area contributed by atoms with Crippen molar-refractivity contribution in [3.05, 3.63) is 30.3 Å². The summed E-state index contributed by atoms with van der Waals surface area (Å²) < 4.78 is 27.0. The van der Waals surface area contributed by atoms with Gasteiger partial charge in [0.25, 0.3) is 5.91 Å². The number of fused-ring (bicyclic) bond motifs is 1. The molecule has 1 saturated heterocycles. The molecule has 4 N–H and O–H groups in total. The number of rotatable bonds is 13. The van der Waals surface area contributed by atoms with Crippen LogP contribution in [0.2, 0.25) is 0 Å². The number of Topliss-reactive ketones (excluding diaryl/α,β-unsaturated/α-hetero) is 1. The minimum Gasteiger partial charge on any atom is -0.344 e. The van der Waals surface area contributed by atoms with Gasteiger partial charge in [-0.2, -0.15) is 0 Å². The number of benzene rings is 1. The van der Waals surface area contributed by atoms with Crippen molar-refractivity contribution in [3.8, 4) is 24.7 Å². The first-order chi connectivity index (χ1) is 24.2. The van der Waals surface area contributed by atoms with E-state index in [2.05, 4.69) is 33.1 Å². The number of carbonyl (C=O) groups excluding carboxylic acids is 5. The van der Waals surface area contributed by atoms with Crippen LogP contribution in [-0.4, -0.2) is 85.4 Å². The average molecular weight is 736 g/mol. The highest BCUT2D eigenvalue weighted by Crippen LogP contribution is 2.74. The van der Waals surface area contributed by atoms with Gasteiger partial charge < -0.3 is 26.2 Å². The third kappa shape index (κ3) is 8.31. The van der Waals surface area contributed by atoms with Crippen molar-refractivity contribution in [2.75, 3.05) is 18.8 Å². The zero-order valence-corrected chi connectivity index (χ0v) is 32.0. The average Bonchev–Trinajstić information content (AvgIpc) is 3.32. The lowest BCUT2D eigenvalue weighted by Gasteiger charge is -2.41. The Balaban J connectivity index is 1.59. The summed E-state index contributed by atoms with van der Waals surface area (Å²) in [6.07, 6.45) is 14.1. The number of sulfone groups is 1. The Morgan fingerprint density at radius 1 is 0.962 bits per heavy atom. The molecule has 2 aliphatic carbocycles. The molecule has 0 aromatic heterocycles. The van der Waals surface area contributed by atoms with E-state index in [-0.39, 0.29) is 47.9 Å². The Bertz CT molecular complexity index is 1750. The number of nitrogens with one attached hydrogen (secondary N) is 4. The van der Waals surface area contributed by atoms with Gasteiger partial charge in [0, 0.05) is 18.9 Å². The highest BCUT2D eigenvalue weighted by atomic mass is 32.2. The second-order valence-electron chi connectivity index (χ2n) is 16.4. The van der Waals surface area contributed by atoms with Crippen LogP contribution in [0.5, 0.6) is 0 Å². The first-order valence-corrected chi connectivity index (χ1v) is 19.6. The van der Waals surface area contributed by atoms with Gasteiger partial charge in [-0.15, -0.1) is 18.8 Å². The smallest absolute Gasteiger partial charge is 0.315 e. The minimum atomic E-state index is -3.75. The van der Waals surface area contributed by atoms with E-state index in [0.29, 0.717) is 12.8 Å². The van der Waals surface area contributed by atoms with Gasteiger partial charge in [0.1, 0.15) is 12.1 Å². The molecule has 0 radical (unpaired) electrons. The van der Waals surface area contributed by atoms with E-state index >= 15 is 0 Å². The third-order valence-corrected chi connectivity index (χ3v) is 13.4. The molecule has 5 atom stereocenters. The first kappa shape index (κ1) is 40.4. The molecule has 1 aromatic carbocycles. The fourth-order valence-corrected chi connectivity index (χ4v) is 10.1. The summed E-state index contributed by atoms with van der Waals surface area (Å²) in [5, 5.41) is 10.9. The molecular formula is C39H53N5O7S. The summed E-state index contributed by atoms with van der Waals surface area (Å²) in [5.74, 6) is 1.17. The number of amides is 5. The van der Waals surface area contributed by atoms with Crippen molar-refractivity contribution in [1.82, 2.24) is 26.2 Å². The predicted molar refractivity (Wildman–Crippen MR) is 197 cm³/mol. The molecule has 2 saturated carbocycles. The molecule has 1 aliphatic heterocycles. The predicted octanol–water partition coefficient (Wildman–Crippen LogP) is 2.97. The van der Waals surface area contributed by atoms with Crippen molar-refractivity contribution in [2.45, 2.75) is 115 Å². The lowest BCUT2D eigenvalue weighted by molar-refractivity contribution is -0.145. The topological polar surface area (TPSA) is 171 Å². The van der Waals surface area contributed by atoms with Gasteiger partial charge in [0.15, 0.2) is 9.84 Å². The molecule has 3 fully saturated rings. The van der Waals surface area contributed by atoms with E-state index < -0.39 is 73.9 Å². The summed E-state index contributed by atoms with van der Waals surface area (Å²) in [5.41, 5.74) is -2.62. The summed E-state index contributed by atoms with van der Waals surface area (Å²) in [6, 6.07) is 4.11. The first-order valence-electron chi connectivity index (χ1n) is 17.9. The van der Waals surface area contributed by atoms with Gasteiger partial charge in [0.2, 0.25) is 17.6 Å². The van der Waals surface area contributed by atoms with Crippen molar-refractivity contribution >= 4 is 39.4 Å². The van der Waals surface area contributed by atoms with Crippen LogP contribution in [-0.2, 0) is 29.0 Å². The molecular weight excluding hydrogens is 683 g/mol. The summed E-state index contributed by atoms with van der Waals surface area (Å²) >= 11 is 0. The number of hydrogen-bond donors (Lipinski definition) is 4. The van der Waals surface area contributed by atoms with Crippen molar-refractivity contribution in [1.29, 1.82) is 0 Å². The van der Waals surface area contributed by atoms with Crippen LogP contribution in [0.15, 0.2) is 35.2 Å². The standard InChI is InChI=1S/C39H53N5O7S/c1-9-11-20-27(29(45)33(47)40-23-10-2)41-32(46)28-30-37(6,7)38(30,8)24-44(28)34(48)31(36(3,4)5)42-35(49)43-39(21-16-13-17-22-39)25-52(50,51)26-18-14-12-15-19-26/h1-2,12,14-15,18-19,27-28,30-31H,11,13,16-17,20-25H2,3-8H3,(H,40,47)(H,41,46)(H2,42,43,49)/t27?,28?,30?,31-,38?/m1/s1. The van der Waals surface area contributed by atoms with Crippen molar-refractivity contribution < 1.29 is 32.4 Å². The molecule has 12 nitrogen and oxygen atoms in total. The molecule has 4 rings (SSSR count). The maximum absolute atomic E-state index is 14.6. The number of terminal acetylenes is 2. The van der Waals surface area contributed by atoms with Gasteiger partial charge in [-0.3, -0.25) is 19.2 Å². The SMILES string of the molecule is C#CCCC(NC(=O)C1C2C(C)(C)C2(C)CN1C(=O)[C@@H](NC(=O)NC1(CS(=O)(=O)c2ccccc2)CCCCC1)C(C)(C)C)C(=O)C(=O)NCC#C. The molecule has 0 bridgehead atoms. The number of urea groups is 1. The van der Waals surface area contributed by atoms with Gasteiger partial charge in [-0.05, 0) is 47.6 Å². The Morgan fingerprint density at radius 2 is 1.60 bits per heavy atom. The maximum atomic E-state index is 14.6. The molecule has 3 aliphatic rings. The summed E-state index contributed by atoms with van der Waals surface area (Å²) in [4.78, 5) is 69.9. The fraction of sp³-hybridized carbons (Fsp3) is 0.615. The largest absolute Gasteiger partial charge is 0.344 e. The van der Waals surface area contributed by atoms with E-state index in [1.54, 1.807) is 39.0 Å². The van der Waals surface area contributed by atoms with Gasteiger partial charge >= 0.3 is 6.03 Å².